The van der Waals surface area contributed by atoms with E-state index >= 15 is 0 Å². The van der Waals surface area contributed by atoms with Gasteiger partial charge in [0.15, 0.2) is 0 Å². The zero-order chi connectivity index (χ0) is 10.9. The molecule has 0 heterocycles. The SMILES string of the molecule is Cc1cc(C(F)(F)F)cc(CO)c1C. The van der Waals surface area contributed by atoms with Gasteiger partial charge < -0.3 is 5.11 Å². The highest BCUT2D eigenvalue weighted by molar-refractivity contribution is 5.38. The van der Waals surface area contributed by atoms with Gasteiger partial charge in [0.1, 0.15) is 0 Å². The van der Waals surface area contributed by atoms with Gasteiger partial charge in [-0.05, 0) is 42.7 Å². The summed E-state index contributed by atoms with van der Waals surface area (Å²) in [4.78, 5) is 0. The van der Waals surface area contributed by atoms with Crippen LogP contribution in [-0.4, -0.2) is 5.11 Å². The number of aryl methyl sites for hydroxylation is 1. The summed E-state index contributed by atoms with van der Waals surface area (Å²) in [5.74, 6) is 0. The van der Waals surface area contributed by atoms with Crippen LogP contribution in [0.4, 0.5) is 13.2 Å². The fraction of sp³-hybridized carbons (Fsp3) is 0.400. The van der Waals surface area contributed by atoms with E-state index in [9.17, 15) is 13.2 Å². The average Bonchev–Trinajstić information content (AvgIpc) is 2.07. The number of benzene rings is 1. The molecule has 0 bridgehead atoms. The third-order valence-corrected chi connectivity index (χ3v) is 2.27. The summed E-state index contributed by atoms with van der Waals surface area (Å²) < 4.78 is 37.0. The van der Waals surface area contributed by atoms with E-state index in [2.05, 4.69) is 0 Å². The van der Waals surface area contributed by atoms with Gasteiger partial charge in [-0.15, -0.1) is 0 Å². The molecule has 0 fully saturated rings. The molecule has 0 spiro atoms. The van der Waals surface area contributed by atoms with Gasteiger partial charge >= 0.3 is 6.18 Å². The van der Waals surface area contributed by atoms with Crippen molar-refractivity contribution in [3.63, 3.8) is 0 Å². The van der Waals surface area contributed by atoms with Crippen LogP contribution in [-0.2, 0) is 12.8 Å². The molecule has 1 rings (SSSR count). The first-order valence-electron chi connectivity index (χ1n) is 4.14. The average molecular weight is 204 g/mol. The Bertz CT molecular complexity index is 342. The first-order valence-corrected chi connectivity index (χ1v) is 4.14. The van der Waals surface area contributed by atoms with Crippen LogP contribution in [0.2, 0.25) is 0 Å². The van der Waals surface area contributed by atoms with Gasteiger partial charge in [0.25, 0.3) is 0 Å². The van der Waals surface area contributed by atoms with E-state index in [0.29, 0.717) is 16.7 Å². The van der Waals surface area contributed by atoms with Crippen LogP contribution in [0.1, 0.15) is 22.3 Å². The lowest BCUT2D eigenvalue weighted by atomic mass is 10.00. The zero-order valence-corrected chi connectivity index (χ0v) is 7.94. The molecule has 0 unspecified atom stereocenters. The highest BCUT2D eigenvalue weighted by atomic mass is 19.4. The molecule has 1 aromatic carbocycles. The molecular formula is C10H11F3O. The molecule has 0 aliphatic rings. The summed E-state index contributed by atoms with van der Waals surface area (Å²) in [5, 5.41) is 8.87. The number of alkyl halides is 3. The summed E-state index contributed by atoms with van der Waals surface area (Å²) in [6.07, 6.45) is -4.34. The monoisotopic (exact) mass is 204 g/mol. The van der Waals surface area contributed by atoms with E-state index in [4.69, 9.17) is 5.11 Å². The minimum Gasteiger partial charge on any atom is -0.392 e. The highest BCUT2D eigenvalue weighted by Gasteiger charge is 2.31. The molecule has 14 heavy (non-hydrogen) atoms. The molecule has 0 aliphatic carbocycles. The van der Waals surface area contributed by atoms with Crippen molar-refractivity contribution in [2.45, 2.75) is 26.6 Å². The van der Waals surface area contributed by atoms with Crippen LogP contribution in [0, 0.1) is 13.8 Å². The highest BCUT2D eigenvalue weighted by Crippen LogP contribution is 2.31. The smallest absolute Gasteiger partial charge is 0.392 e. The van der Waals surface area contributed by atoms with Crippen molar-refractivity contribution in [2.24, 2.45) is 0 Å². The van der Waals surface area contributed by atoms with E-state index in [1.807, 2.05) is 0 Å². The molecule has 78 valence electrons. The second kappa shape index (κ2) is 3.61. The third kappa shape index (κ3) is 2.07. The van der Waals surface area contributed by atoms with E-state index < -0.39 is 11.7 Å². The van der Waals surface area contributed by atoms with Gasteiger partial charge in [-0.2, -0.15) is 13.2 Å². The minimum absolute atomic E-state index is 0.331. The fourth-order valence-corrected chi connectivity index (χ4v) is 1.26. The quantitative estimate of drug-likeness (QED) is 0.745. The standard InChI is InChI=1S/C10H11F3O/c1-6-3-9(10(11,12)13)4-8(5-14)7(6)2/h3-4,14H,5H2,1-2H3. The van der Waals surface area contributed by atoms with Crippen LogP contribution in [0.25, 0.3) is 0 Å². The molecule has 0 aliphatic heterocycles. The Hall–Kier alpha value is -1.03. The topological polar surface area (TPSA) is 20.2 Å². The molecule has 0 saturated heterocycles. The lowest BCUT2D eigenvalue weighted by molar-refractivity contribution is -0.137. The molecule has 0 radical (unpaired) electrons. The maximum Gasteiger partial charge on any atom is 0.416 e. The molecule has 0 saturated carbocycles. The number of hydrogen-bond donors (Lipinski definition) is 1. The Balaban J connectivity index is 3.30. The normalized spacial score (nSPS) is 11.9. The number of rotatable bonds is 1. The number of halogens is 3. The Kier molecular flexibility index (Phi) is 2.85. The van der Waals surface area contributed by atoms with E-state index in [1.54, 1.807) is 13.8 Å². The first-order chi connectivity index (χ1) is 6.36. The van der Waals surface area contributed by atoms with Crippen LogP contribution in [0.3, 0.4) is 0 Å². The molecule has 1 N–H and O–H groups in total. The molecule has 1 nitrogen and oxygen atoms in total. The minimum atomic E-state index is -4.34. The van der Waals surface area contributed by atoms with Crippen LogP contribution >= 0.6 is 0 Å². The Morgan fingerprint density at radius 3 is 2.21 bits per heavy atom. The maximum atomic E-state index is 12.3. The van der Waals surface area contributed by atoms with Crippen molar-refractivity contribution in [1.82, 2.24) is 0 Å². The van der Waals surface area contributed by atoms with Crippen molar-refractivity contribution >= 4 is 0 Å². The van der Waals surface area contributed by atoms with E-state index in [-0.39, 0.29) is 6.61 Å². The lowest BCUT2D eigenvalue weighted by Crippen LogP contribution is -2.07. The Labute approximate surface area is 80.2 Å². The molecule has 1 aromatic rings. The molecule has 0 amide bonds. The van der Waals surface area contributed by atoms with E-state index in [0.717, 1.165) is 12.1 Å². The van der Waals surface area contributed by atoms with Gasteiger partial charge in [-0.3, -0.25) is 0 Å². The second-order valence-electron chi connectivity index (χ2n) is 3.23. The molecule has 0 aromatic heterocycles. The summed E-state index contributed by atoms with van der Waals surface area (Å²) in [5.41, 5.74) is 0.881. The zero-order valence-electron chi connectivity index (χ0n) is 7.94. The second-order valence-corrected chi connectivity index (χ2v) is 3.23. The number of aliphatic hydroxyl groups excluding tert-OH is 1. The summed E-state index contributed by atoms with van der Waals surface area (Å²) in [7, 11) is 0. The summed E-state index contributed by atoms with van der Waals surface area (Å²) >= 11 is 0. The number of aliphatic hydroxyl groups is 1. The third-order valence-electron chi connectivity index (χ3n) is 2.27. The Morgan fingerprint density at radius 2 is 1.79 bits per heavy atom. The van der Waals surface area contributed by atoms with Gasteiger partial charge in [0.2, 0.25) is 0 Å². The van der Waals surface area contributed by atoms with Gasteiger partial charge in [0.05, 0.1) is 12.2 Å². The van der Waals surface area contributed by atoms with Crippen molar-refractivity contribution in [3.8, 4) is 0 Å². The molecular weight excluding hydrogens is 193 g/mol. The van der Waals surface area contributed by atoms with Gasteiger partial charge in [-0.1, -0.05) is 0 Å². The van der Waals surface area contributed by atoms with Gasteiger partial charge in [0, 0.05) is 0 Å². The van der Waals surface area contributed by atoms with Crippen molar-refractivity contribution in [3.05, 3.63) is 34.4 Å². The van der Waals surface area contributed by atoms with Crippen LogP contribution in [0.15, 0.2) is 12.1 Å². The number of hydrogen-bond acceptors (Lipinski definition) is 1. The Morgan fingerprint density at radius 1 is 1.21 bits per heavy atom. The van der Waals surface area contributed by atoms with Crippen molar-refractivity contribution in [2.75, 3.05) is 0 Å². The van der Waals surface area contributed by atoms with E-state index in [1.165, 1.54) is 0 Å². The predicted molar refractivity (Wildman–Crippen MR) is 46.8 cm³/mol. The predicted octanol–water partition coefficient (Wildman–Crippen LogP) is 2.81. The first kappa shape index (κ1) is 11.0. The van der Waals surface area contributed by atoms with Crippen LogP contribution in [0.5, 0.6) is 0 Å². The maximum absolute atomic E-state index is 12.3. The molecule has 4 heteroatoms. The summed E-state index contributed by atoms with van der Waals surface area (Å²) in [6, 6.07) is 2.08. The van der Waals surface area contributed by atoms with Crippen molar-refractivity contribution in [1.29, 1.82) is 0 Å². The largest absolute Gasteiger partial charge is 0.416 e. The molecule has 0 atom stereocenters. The lowest BCUT2D eigenvalue weighted by Gasteiger charge is -2.12. The summed E-state index contributed by atoms with van der Waals surface area (Å²) in [6.45, 7) is 2.93. The van der Waals surface area contributed by atoms with Crippen molar-refractivity contribution < 1.29 is 18.3 Å². The van der Waals surface area contributed by atoms with Crippen LogP contribution < -0.4 is 0 Å². The van der Waals surface area contributed by atoms with Gasteiger partial charge in [-0.25, -0.2) is 0 Å². The fourth-order valence-electron chi connectivity index (χ4n) is 1.26.